The fourth-order valence-electron chi connectivity index (χ4n) is 7.48. The highest BCUT2D eigenvalue weighted by molar-refractivity contribution is 5.93. The van der Waals surface area contributed by atoms with E-state index in [1.54, 1.807) is 0 Å². The lowest BCUT2D eigenvalue weighted by molar-refractivity contribution is -0.191. The van der Waals surface area contributed by atoms with Gasteiger partial charge in [0.05, 0.1) is 17.4 Å². The molecule has 0 radical (unpaired) electrons. The molecule has 0 unspecified atom stereocenters. The molecular weight excluding hydrogens is 352 g/mol. The Kier molecular flexibility index (Phi) is 5.33. The van der Waals surface area contributed by atoms with Crippen LogP contribution in [-0.4, -0.2) is 59.8 Å². The molecule has 5 heteroatoms. The first-order valence-electron chi connectivity index (χ1n) is 11.5. The first kappa shape index (κ1) is 20.6. The average molecular weight is 393 g/mol. The third-order valence-electron chi connectivity index (χ3n) is 9.37. The second-order valence-corrected chi connectivity index (χ2v) is 10.9. The lowest BCUT2D eigenvalue weighted by atomic mass is 9.44. The van der Waals surface area contributed by atoms with Gasteiger partial charge in [-0.1, -0.05) is 19.0 Å². The van der Waals surface area contributed by atoms with Crippen LogP contribution in [0, 0.1) is 28.6 Å². The molecule has 7 atom stereocenters. The molecule has 4 fully saturated rings. The Morgan fingerprint density at radius 3 is 2.61 bits per heavy atom. The van der Waals surface area contributed by atoms with Crippen molar-refractivity contribution in [2.24, 2.45) is 33.7 Å². The minimum absolute atomic E-state index is 0.115. The predicted octanol–water partition coefficient (Wildman–Crippen LogP) is 3.44. The van der Waals surface area contributed by atoms with Crippen molar-refractivity contribution in [3.05, 3.63) is 0 Å². The van der Waals surface area contributed by atoms with E-state index >= 15 is 0 Å². The summed E-state index contributed by atoms with van der Waals surface area (Å²) in [5.41, 5.74) is 0.466. The van der Waals surface area contributed by atoms with Crippen LogP contribution in [0.4, 0.5) is 0 Å². The third kappa shape index (κ3) is 3.04. The molecule has 0 saturated heterocycles. The molecule has 4 rings (SSSR count). The molecule has 4 aliphatic carbocycles. The Morgan fingerprint density at radius 2 is 1.86 bits per heavy atom. The molecule has 0 aromatic carbocycles. The number of rotatable bonds is 4. The first-order chi connectivity index (χ1) is 13.2. The summed E-state index contributed by atoms with van der Waals surface area (Å²) >= 11 is 0. The number of aliphatic hydroxyl groups is 2. The van der Waals surface area contributed by atoms with Crippen LogP contribution in [0.15, 0.2) is 5.16 Å². The maximum absolute atomic E-state index is 12.0. The molecule has 0 aromatic rings. The Hall–Kier alpha value is -0.650. The van der Waals surface area contributed by atoms with Gasteiger partial charge in [0.15, 0.2) is 0 Å². The van der Waals surface area contributed by atoms with Gasteiger partial charge < -0.3 is 20.0 Å². The van der Waals surface area contributed by atoms with E-state index in [1.807, 2.05) is 14.1 Å². The summed E-state index contributed by atoms with van der Waals surface area (Å²) in [5, 5.41) is 26.8. The number of aliphatic hydroxyl groups excluding tert-OH is 1. The Bertz CT molecular complexity index is 623. The maximum atomic E-state index is 12.0. The summed E-state index contributed by atoms with van der Waals surface area (Å²) in [5.74, 6) is 1.55. The van der Waals surface area contributed by atoms with Crippen LogP contribution >= 0.6 is 0 Å². The van der Waals surface area contributed by atoms with Crippen LogP contribution in [-0.2, 0) is 4.84 Å². The lowest BCUT2D eigenvalue weighted by Crippen LogP contribution is -2.62. The summed E-state index contributed by atoms with van der Waals surface area (Å²) < 4.78 is 0. The summed E-state index contributed by atoms with van der Waals surface area (Å²) in [4.78, 5) is 7.74. The molecular formula is C23H40N2O3. The summed E-state index contributed by atoms with van der Waals surface area (Å²) in [6.07, 6.45) is 8.99. The van der Waals surface area contributed by atoms with Crippen molar-refractivity contribution >= 4 is 5.71 Å². The minimum Gasteiger partial charge on any atom is -0.394 e. The zero-order valence-corrected chi connectivity index (χ0v) is 18.3. The monoisotopic (exact) mass is 392 g/mol. The van der Waals surface area contributed by atoms with Crippen LogP contribution in [0.3, 0.4) is 0 Å². The molecule has 0 aliphatic heterocycles. The molecule has 0 heterocycles. The van der Waals surface area contributed by atoms with Gasteiger partial charge in [-0.2, -0.15) is 0 Å². The van der Waals surface area contributed by atoms with Crippen LogP contribution in [0.5, 0.6) is 0 Å². The fraction of sp³-hybridized carbons (Fsp3) is 0.957. The molecule has 2 N–H and O–H groups in total. The van der Waals surface area contributed by atoms with Crippen LogP contribution in [0.1, 0.15) is 71.6 Å². The molecule has 0 spiro atoms. The zero-order valence-electron chi connectivity index (χ0n) is 18.3. The van der Waals surface area contributed by atoms with Gasteiger partial charge in [-0.25, -0.2) is 0 Å². The third-order valence-corrected chi connectivity index (χ3v) is 9.37. The van der Waals surface area contributed by atoms with Crippen LogP contribution < -0.4 is 0 Å². The smallest absolute Gasteiger partial charge is 0.129 e. The van der Waals surface area contributed by atoms with E-state index in [0.717, 1.165) is 63.6 Å². The van der Waals surface area contributed by atoms with E-state index < -0.39 is 5.60 Å². The van der Waals surface area contributed by atoms with Gasteiger partial charge in [0.25, 0.3) is 0 Å². The van der Waals surface area contributed by atoms with E-state index in [0.29, 0.717) is 24.4 Å². The second-order valence-electron chi connectivity index (χ2n) is 10.9. The number of oxime groups is 1. The van der Waals surface area contributed by atoms with Crippen molar-refractivity contribution in [1.29, 1.82) is 0 Å². The normalized spacial score (nSPS) is 49.6. The number of nitrogens with zero attached hydrogens (tertiary/aromatic N) is 2. The Labute approximate surface area is 170 Å². The highest BCUT2D eigenvalue weighted by Crippen LogP contribution is 2.67. The first-order valence-corrected chi connectivity index (χ1v) is 11.5. The van der Waals surface area contributed by atoms with Crippen molar-refractivity contribution in [3.63, 3.8) is 0 Å². The van der Waals surface area contributed by atoms with Gasteiger partial charge in [-0.15, -0.1) is 0 Å². The van der Waals surface area contributed by atoms with Crippen LogP contribution in [0.2, 0.25) is 0 Å². The topological polar surface area (TPSA) is 65.3 Å². The number of fused-ring (bicyclic) bond motifs is 5. The van der Waals surface area contributed by atoms with Gasteiger partial charge in [-0.3, -0.25) is 0 Å². The molecule has 0 aromatic heterocycles. The average Bonchev–Trinajstić information content (AvgIpc) is 2.90. The minimum atomic E-state index is -0.649. The number of likely N-dealkylation sites (N-methyl/N-ethyl adjacent to an activating group) is 1. The van der Waals surface area contributed by atoms with Crippen molar-refractivity contribution in [2.75, 3.05) is 27.2 Å². The maximum Gasteiger partial charge on any atom is 0.129 e. The van der Waals surface area contributed by atoms with E-state index in [1.165, 1.54) is 6.42 Å². The Morgan fingerprint density at radius 1 is 1.07 bits per heavy atom. The fourth-order valence-corrected chi connectivity index (χ4v) is 7.48. The van der Waals surface area contributed by atoms with E-state index in [9.17, 15) is 10.2 Å². The molecule has 5 nitrogen and oxygen atoms in total. The van der Waals surface area contributed by atoms with Gasteiger partial charge in [0.2, 0.25) is 0 Å². The number of hydrogen-bond donors (Lipinski definition) is 2. The quantitative estimate of drug-likeness (QED) is 0.568. The Balaban J connectivity index is 1.54. The van der Waals surface area contributed by atoms with Crippen molar-refractivity contribution in [1.82, 2.24) is 4.90 Å². The van der Waals surface area contributed by atoms with Crippen LogP contribution in [0.25, 0.3) is 0 Å². The zero-order chi connectivity index (χ0) is 20.2. The highest BCUT2D eigenvalue weighted by Gasteiger charge is 2.66. The van der Waals surface area contributed by atoms with Gasteiger partial charge in [0, 0.05) is 12.0 Å². The molecule has 160 valence electrons. The van der Waals surface area contributed by atoms with Gasteiger partial charge in [-0.05, 0) is 95.1 Å². The second kappa shape index (κ2) is 7.24. The molecule has 28 heavy (non-hydrogen) atoms. The summed E-state index contributed by atoms with van der Waals surface area (Å²) in [6, 6.07) is 0. The molecule has 4 saturated carbocycles. The summed E-state index contributed by atoms with van der Waals surface area (Å²) in [7, 11) is 4.07. The molecule has 4 aliphatic rings. The van der Waals surface area contributed by atoms with Gasteiger partial charge >= 0.3 is 0 Å². The molecule has 0 bridgehead atoms. The van der Waals surface area contributed by atoms with E-state index in [2.05, 4.69) is 23.9 Å². The number of hydrogen-bond acceptors (Lipinski definition) is 5. The predicted molar refractivity (Wildman–Crippen MR) is 111 cm³/mol. The largest absolute Gasteiger partial charge is 0.394 e. The van der Waals surface area contributed by atoms with Crippen molar-refractivity contribution < 1.29 is 15.1 Å². The van der Waals surface area contributed by atoms with E-state index in [4.69, 9.17) is 4.84 Å². The molecule has 0 amide bonds. The lowest BCUT2D eigenvalue weighted by Gasteiger charge is -2.62. The van der Waals surface area contributed by atoms with Gasteiger partial charge in [0.1, 0.15) is 6.61 Å². The SMILES string of the molecule is CN(C)CCON=C1CC[C@]2(O)[C@@H]3CC[C@@H]4C[C@@H](O)CC[C@]4(C)[C@H]3CC[C@]12C. The highest BCUT2D eigenvalue weighted by atomic mass is 16.6. The van der Waals surface area contributed by atoms with Crippen molar-refractivity contribution in [3.8, 4) is 0 Å². The summed E-state index contributed by atoms with van der Waals surface area (Å²) in [6.45, 7) is 6.15. The standard InChI is InChI=1S/C23H40N2O3/c1-21-10-7-17(26)15-16(21)5-6-19-18(21)8-11-22(2)20(9-12-23(19,22)27)24-28-14-13-25(3)4/h16-19,26-27H,5-15H2,1-4H3/t16-,17+,18+,19-,21+,22-,23+/m1/s1. The van der Waals surface area contributed by atoms with Crippen molar-refractivity contribution in [2.45, 2.75) is 83.3 Å². The van der Waals surface area contributed by atoms with E-state index in [-0.39, 0.29) is 16.9 Å².